The molecular weight excluding hydrogens is 220 g/mol. The third-order valence-electron chi connectivity index (χ3n) is 2.57. The molecule has 0 atom stereocenters. The molecule has 0 amide bonds. The predicted octanol–water partition coefficient (Wildman–Crippen LogP) is 3.24. The Kier molecular flexibility index (Phi) is 3.10. The predicted molar refractivity (Wildman–Crippen MR) is 67.3 cm³/mol. The molecule has 0 radical (unpaired) electrons. The van der Waals surface area contributed by atoms with Crippen molar-refractivity contribution < 1.29 is 4.74 Å². The zero-order valence-corrected chi connectivity index (χ0v) is 10.2. The van der Waals surface area contributed by atoms with Gasteiger partial charge in [0, 0.05) is 12.7 Å². The monoisotopic (exact) mass is 234 g/mol. The normalized spacial score (nSPS) is 10.4. The Balaban J connectivity index is 2.46. The number of hydrogen-bond acceptors (Lipinski definition) is 2. The summed E-state index contributed by atoms with van der Waals surface area (Å²) in [6.07, 6.45) is 1.94. The van der Waals surface area contributed by atoms with Gasteiger partial charge in [0.25, 0.3) is 0 Å². The lowest BCUT2D eigenvalue weighted by molar-refractivity contribution is 0.415. The second-order valence-electron chi connectivity index (χ2n) is 3.45. The maximum absolute atomic E-state index is 5.20. The van der Waals surface area contributed by atoms with Crippen molar-refractivity contribution in [3.8, 4) is 17.0 Å². The fraction of sp³-hybridized carbons (Fsp3) is 0.250. The highest BCUT2D eigenvalue weighted by Gasteiger charge is 2.04. The summed E-state index contributed by atoms with van der Waals surface area (Å²) in [4.78, 5) is 3.06. The maximum Gasteiger partial charge on any atom is 0.177 e. The van der Waals surface area contributed by atoms with Crippen molar-refractivity contribution in [2.24, 2.45) is 0 Å². The molecule has 0 unspecified atom stereocenters. The first-order chi connectivity index (χ1) is 7.76. The first kappa shape index (κ1) is 11.0. The van der Waals surface area contributed by atoms with E-state index < -0.39 is 0 Å². The fourth-order valence-corrected chi connectivity index (χ4v) is 2.00. The van der Waals surface area contributed by atoms with Crippen LogP contribution in [0.3, 0.4) is 0 Å². The minimum absolute atomic E-state index is 0.758. The van der Waals surface area contributed by atoms with E-state index in [9.17, 15) is 0 Å². The van der Waals surface area contributed by atoms with Crippen LogP contribution in [0.1, 0.15) is 6.92 Å². The number of rotatable bonds is 3. The van der Waals surface area contributed by atoms with Crippen molar-refractivity contribution in [1.82, 2.24) is 9.55 Å². The Hall–Kier alpha value is -1.55. The molecule has 0 spiro atoms. The van der Waals surface area contributed by atoms with Crippen LogP contribution in [0.2, 0.25) is 0 Å². The molecule has 0 saturated carbocycles. The summed E-state index contributed by atoms with van der Waals surface area (Å²) in [7, 11) is 1.67. The Morgan fingerprint density at radius 2 is 2.00 bits per heavy atom. The van der Waals surface area contributed by atoms with E-state index in [1.807, 2.05) is 30.5 Å². The molecule has 4 heteroatoms. The molecule has 84 valence electrons. The SMILES string of the molecule is CCn1c(-c2ccc(OC)cc2)c[nH]c1=S. The molecule has 0 bridgehead atoms. The van der Waals surface area contributed by atoms with Gasteiger partial charge in [-0.1, -0.05) is 0 Å². The number of H-pyrrole nitrogens is 1. The highest BCUT2D eigenvalue weighted by atomic mass is 32.1. The number of aromatic nitrogens is 2. The quantitative estimate of drug-likeness (QED) is 0.826. The summed E-state index contributed by atoms with van der Waals surface area (Å²) in [5.74, 6) is 0.862. The van der Waals surface area contributed by atoms with Gasteiger partial charge in [-0.2, -0.15) is 0 Å². The summed E-state index contributed by atoms with van der Waals surface area (Å²) < 4.78 is 7.96. The molecule has 1 aromatic heterocycles. The number of nitrogens with one attached hydrogen (secondary N) is 1. The van der Waals surface area contributed by atoms with Crippen LogP contribution in [0.25, 0.3) is 11.3 Å². The van der Waals surface area contributed by atoms with Gasteiger partial charge in [0.15, 0.2) is 4.77 Å². The van der Waals surface area contributed by atoms with Crippen LogP contribution in [0.15, 0.2) is 30.5 Å². The third kappa shape index (κ3) is 1.88. The summed E-state index contributed by atoms with van der Waals surface area (Å²) >= 11 is 5.20. The highest BCUT2D eigenvalue weighted by molar-refractivity contribution is 7.71. The Morgan fingerprint density at radius 3 is 2.56 bits per heavy atom. The minimum Gasteiger partial charge on any atom is -0.497 e. The first-order valence-corrected chi connectivity index (χ1v) is 5.59. The minimum atomic E-state index is 0.758. The van der Waals surface area contributed by atoms with E-state index in [1.165, 1.54) is 0 Å². The van der Waals surface area contributed by atoms with Crippen molar-refractivity contribution in [2.45, 2.75) is 13.5 Å². The van der Waals surface area contributed by atoms with Gasteiger partial charge in [-0.3, -0.25) is 0 Å². The van der Waals surface area contributed by atoms with E-state index in [2.05, 4.69) is 16.5 Å². The largest absolute Gasteiger partial charge is 0.497 e. The van der Waals surface area contributed by atoms with Crippen molar-refractivity contribution in [3.05, 3.63) is 35.2 Å². The van der Waals surface area contributed by atoms with E-state index in [-0.39, 0.29) is 0 Å². The van der Waals surface area contributed by atoms with Crippen LogP contribution in [-0.2, 0) is 6.54 Å². The zero-order valence-electron chi connectivity index (χ0n) is 9.36. The van der Waals surface area contributed by atoms with Crippen LogP contribution >= 0.6 is 12.2 Å². The average Bonchev–Trinajstić information content (AvgIpc) is 2.70. The van der Waals surface area contributed by atoms with Gasteiger partial charge in [0.2, 0.25) is 0 Å². The van der Waals surface area contributed by atoms with Crippen LogP contribution in [0, 0.1) is 4.77 Å². The molecule has 0 fully saturated rings. The number of nitrogens with zero attached hydrogens (tertiary/aromatic N) is 1. The lowest BCUT2D eigenvalue weighted by Crippen LogP contribution is -1.96. The van der Waals surface area contributed by atoms with Gasteiger partial charge < -0.3 is 14.3 Å². The number of imidazole rings is 1. The standard InChI is InChI=1S/C12H14N2OS/c1-3-14-11(8-13-12(14)16)9-4-6-10(15-2)7-5-9/h4-8H,3H2,1-2H3,(H,13,16). The Labute approximate surface area is 99.7 Å². The van der Waals surface area contributed by atoms with E-state index in [0.717, 1.165) is 28.3 Å². The van der Waals surface area contributed by atoms with Crippen LogP contribution < -0.4 is 4.74 Å². The van der Waals surface area contributed by atoms with Gasteiger partial charge in [-0.05, 0) is 49.0 Å². The van der Waals surface area contributed by atoms with Crippen LogP contribution in [0.5, 0.6) is 5.75 Å². The summed E-state index contributed by atoms with van der Waals surface area (Å²) in [6.45, 7) is 2.94. The smallest absolute Gasteiger partial charge is 0.177 e. The number of methoxy groups -OCH3 is 1. The summed E-state index contributed by atoms with van der Waals surface area (Å²) in [5, 5.41) is 0. The van der Waals surface area contributed by atoms with E-state index in [1.54, 1.807) is 7.11 Å². The van der Waals surface area contributed by atoms with E-state index >= 15 is 0 Å². The molecule has 16 heavy (non-hydrogen) atoms. The number of aromatic amines is 1. The van der Waals surface area contributed by atoms with Crippen LogP contribution in [0.4, 0.5) is 0 Å². The molecule has 3 nitrogen and oxygen atoms in total. The average molecular weight is 234 g/mol. The second kappa shape index (κ2) is 4.53. The van der Waals surface area contributed by atoms with Gasteiger partial charge in [-0.25, -0.2) is 0 Å². The second-order valence-corrected chi connectivity index (χ2v) is 3.84. The molecule has 0 aliphatic rings. The number of ether oxygens (including phenoxy) is 1. The first-order valence-electron chi connectivity index (χ1n) is 5.19. The van der Waals surface area contributed by atoms with Crippen molar-refractivity contribution in [2.75, 3.05) is 7.11 Å². The Morgan fingerprint density at radius 1 is 1.31 bits per heavy atom. The topological polar surface area (TPSA) is 29.9 Å². The van der Waals surface area contributed by atoms with Gasteiger partial charge >= 0.3 is 0 Å². The van der Waals surface area contributed by atoms with Gasteiger partial charge in [0.1, 0.15) is 5.75 Å². The summed E-state index contributed by atoms with van der Waals surface area (Å²) in [6, 6.07) is 7.96. The molecule has 2 rings (SSSR count). The lowest BCUT2D eigenvalue weighted by Gasteiger charge is -2.06. The molecule has 1 aromatic carbocycles. The molecular formula is C12H14N2OS. The molecule has 0 aliphatic carbocycles. The lowest BCUT2D eigenvalue weighted by atomic mass is 10.1. The number of benzene rings is 1. The zero-order chi connectivity index (χ0) is 11.5. The van der Waals surface area contributed by atoms with Crippen molar-refractivity contribution >= 4 is 12.2 Å². The highest BCUT2D eigenvalue weighted by Crippen LogP contribution is 2.22. The molecule has 1 heterocycles. The maximum atomic E-state index is 5.20. The summed E-state index contributed by atoms with van der Waals surface area (Å²) in [5.41, 5.74) is 2.24. The van der Waals surface area contributed by atoms with Crippen molar-refractivity contribution in [1.29, 1.82) is 0 Å². The number of hydrogen-bond donors (Lipinski definition) is 1. The Bertz CT molecular complexity index is 525. The molecule has 2 aromatic rings. The van der Waals surface area contributed by atoms with Crippen molar-refractivity contribution in [3.63, 3.8) is 0 Å². The third-order valence-corrected chi connectivity index (χ3v) is 2.91. The van der Waals surface area contributed by atoms with Crippen LogP contribution in [-0.4, -0.2) is 16.7 Å². The van der Waals surface area contributed by atoms with Gasteiger partial charge in [-0.15, -0.1) is 0 Å². The molecule has 0 saturated heterocycles. The van der Waals surface area contributed by atoms with E-state index in [0.29, 0.717) is 0 Å². The molecule has 1 N–H and O–H groups in total. The van der Waals surface area contributed by atoms with E-state index in [4.69, 9.17) is 17.0 Å². The molecule has 0 aliphatic heterocycles. The van der Waals surface area contributed by atoms with Gasteiger partial charge in [0.05, 0.1) is 12.8 Å². The fourth-order valence-electron chi connectivity index (χ4n) is 1.71.